The molecule has 0 aliphatic rings. The number of esters is 2. The molecule has 0 aromatic heterocycles. The van der Waals surface area contributed by atoms with Crippen molar-refractivity contribution in [2.45, 2.75) is 72.1 Å². The first-order valence-electron chi connectivity index (χ1n) is 9.13. The monoisotopic (exact) mass is 334 g/mol. The van der Waals surface area contributed by atoms with Crippen LogP contribution < -0.4 is 9.47 Å². The molecule has 4 nitrogen and oxygen atoms in total. The molecule has 0 heterocycles. The van der Waals surface area contributed by atoms with Crippen LogP contribution >= 0.6 is 0 Å². The fraction of sp³-hybridized carbons (Fsp3) is 0.600. The summed E-state index contributed by atoms with van der Waals surface area (Å²) in [5, 5.41) is 0. The third-order valence-electron chi connectivity index (χ3n) is 3.89. The Hall–Kier alpha value is -1.84. The van der Waals surface area contributed by atoms with Crippen LogP contribution in [0.3, 0.4) is 0 Å². The van der Waals surface area contributed by atoms with Crippen LogP contribution in [0.2, 0.25) is 0 Å². The van der Waals surface area contributed by atoms with Crippen LogP contribution in [0.25, 0.3) is 0 Å². The molecule has 0 bridgehead atoms. The van der Waals surface area contributed by atoms with Crippen LogP contribution in [0.15, 0.2) is 24.3 Å². The largest absolute Gasteiger partial charge is 0.423 e. The Labute approximate surface area is 145 Å². The minimum Gasteiger partial charge on any atom is -0.423 e. The second-order valence-corrected chi connectivity index (χ2v) is 6.07. The lowest BCUT2D eigenvalue weighted by atomic mass is 9.97. The van der Waals surface area contributed by atoms with Gasteiger partial charge in [0, 0.05) is 6.42 Å². The zero-order valence-electron chi connectivity index (χ0n) is 15.2. The van der Waals surface area contributed by atoms with Gasteiger partial charge < -0.3 is 9.47 Å². The fourth-order valence-electron chi connectivity index (χ4n) is 2.48. The summed E-state index contributed by atoms with van der Waals surface area (Å²) >= 11 is 0. The summed E-state index contributed by atoms with van der Waals surface area (Å²) in [4.78, 5) is 24.3. The first kappa shape index (κ1) is 20.2. The Morgan fingerprint density at radius 2 is 1.50 bits per heavy atom. The van der Waals surface area contributed by atoms with Gasteiger partial charge in [0.25, 0.3) is 0 Å². The molecule has 0 fully saturated rings. The van der Waals surface area contributed by atoms with Crippen LogP contribution in [0.5, 0.6) is 11.5 Å². The molecule has 24 heavy (non-hydrogen) atoms. The van der Waals surface area contributed by atoms with Crippen molar-refractivity contribution < 1.29 is 19.1 Å². The highest BCUT2D eigenvalue weighted by atomic mass is 16.6. The van der Waals surface area contributed by atoms with Crippen molar-refractivity contribution in [2.24, 2.45) is 5.92 Å². The second kappa shape index (κ2) is 11.7. The summed E-state index contributed by atoms with van der Waals surface area (Å²) in [6.45, 7) is 6.20. The van der Waals surface area contributed by atoms with Gasteiger partial charge in [-0.2, -0.15) is 0 Å². The number of unbranched alkanes of at least 4 members (excludes halogenated alkanes) is 2. The summed E-state index contributed by atoms with van der Waals surface area (Å²) in [6, 6.07) is 6.86. The van der Waals surface area contributed by atoms with Crippen LogP contribution in [0.4, 0.5) is 0 Å². The summed E-state index contributed by atoms with van der Waals surface area (Å²) < 4.78 is 10.9. The lowest BCUT2D eigenvalue weighted by molar-refractivity contribution is -0.140. The third kappa shape index (κ3) is 7.16. The van der Waals surface area contributed by atoms with E-state index >= 15 is 0 Å². The van der Waals surface area contributed by atoms with Crippen molar-refractivity contribution in [1.29, 1.82) is 0 Å². The van der Waals surface area contributed by atoms with Crippen molar-refractivity contribution >= 4 is 11.9 Å². The topological polar surface area (TPSA) is 52.6 Å². The maximum atomic E-state index is 12.5. The number of benzene rings is 1. The zero-order valence-corrected chi connectivity index (χ0v) is 15.2. The number of hydrogen-bond acceptors (Lipinski definition) is 4. The van der Waals surface area contributed by atoms with E-state index in [1.165, 1.54) is 0 Å². The Morgan fingerprint density at radius 3 is 2.08 bits per heavy atom. The molecule has 1 atom stereocenters. The van der Waals surface area contributed by atoms with Gasteiger partial charge in [0.2, 0.25) is 0 Å². The minimum atomic E-state index is -0.295. The summed E-state index contributed by atoms with van der Waals surface area (Å²) in [6.07, 6.45) is 6.74. The molecular weight excluding hydrogens is 304 g/mol. The fourth-order valence-corrected chi connectivity index (χ4v) is 2.48. The molecule has 0 N–H and O–H groups in total. The van der Waals surface area contributed by atoms with E-state index in [0.717, 1.165) is 44.9 Å². The van der Waals surface area contributed by atoms with E-state index in [4.69, 9.17) is 9.47 Å². The number of hydrogen-bond donors (Lipinski definition) is 0. The maximum Gasteiger partial charge on any atom is 0.314 e. The van der Waals surface area contributed by atoms with Crippen LogP contribution in [-0.2, 0) is 9.59 Å². The van der Waals surface area contributed by atoms with Gasteiger partial charge in [0.15, 0.2) is 11.5 Å². The molecule has 134 valence electrons. The highest BCUT2D eigenvalue weighted by Gasteiger charge is 2.21. The second-order valence-electron chi connectivity index (χ2n) is 6.07. The van der Waals surface area contributed by atoms with Gasteiger partial charge in [-0.1, -0.05) is 58.6 Å². The molecule has 0 spiro atoms. The molecule has 1 aromatic carbocycles. The Balaban J connectivity index is 2.75. The predicted octanol–water partition coefficient (Wildman–Crippen LogP) is 5.29. The maximum absolute atomic E-state index is 12.5. The summed E-state index contributed by atoms with van der Waals surface area (Å²) in [5.74, 6) is 0.0141. The molecule has 0 aliphatic carbocycles. The molecule has 1 rings (SSSR count). The molecule has 0 aliphatic heterocycles. The SMILES string of the molecule is CCCCC(=O)Oc1ccccc1OC(=O)C(CCC)CCCC. The molecule has 1 aromatic rings. The van der Waals surface area contributed by atoms with Gasteiger partial charge in [-0.25, -0.2) is 0 Å². The number of carbonyl (C=O) groups is 2. The number of rotatable bonds is 11. The van der Waals surface area contributed by atoms with E-state index in [9.17, 15) is 9.59 Å². The highest BCUT2D eigenvalue weighted by Crippen LogP contribution is 2.29. The molecule has 4 heteroatoms. The highest BCUT2D eigenvalue weighted by molar-refractivity contribution is 5.77. The van der Waals surface area contributed by atoms with Crippen molar-refractivity contribution in [1.82, 2.24) is 0 Å². The van der Waals surface area contributed by atoms with Crippen molar-refractivity contribution in [3.63, 3.8) is 0 Å². The number of carbonyl (C=O) groups excluding carboxylic acids is 2. The smallest absolute Gasteiger partial charge is 0.314 e. The Bertz CT molecular complexity index is 510. The summed E-state index contributed by atoms with van der Waals surface area (Å²) in [7, 11) is 0. The van der Waals surface area contributed by atoms with Gasteiger partial charge in [-0.3, -0.25) is 9.59 Å². The standard InChI is InChI=1S/C20H30O4/c1-4-7-12-16(11-6-3)20(22)24-18-14-10-9-13-17(18)23-19(21)15-8-5-2/h9-10,13-14,16H,4-8,11-12,15H2,1-3H3. The van der Waals surface area contributed by atoms with Crippen LogP contribution in [-0.4, -0.2) is 11.9 Å². The third-order valence-corrected chi connectivity index (χ3v) is 3.89. The van der Waals surface area contributed by atoms with Gasteiger partial charge in [0.1, 0.15) is 0 Å². The van der Waals surface area contributed by atoms with E-state index in [1.807, 2.05) is 6.92 Å². The normalized spacial score (nSPS) is 11.8. The van der Waals surface area contributed by atoms with Crippen molar-refractivity contribution in [2.75, 3.05) is 0 Å². The molecule has 0 saturated carbocycles. The average Bonchev–Trinajstić information content (AvgIpc) is 2.58. The molecule has 0 amide bonds. The van der Waals surface area contributed by atoms with Crippen molar-refractivity contribution in [3.8, 4) is 11.5 Å². The lowest BCUT2D eigenvalue weighted by Crippen LogP contribution is -2.21. The van der Waals surface area contributed by atoms with Crippen molar-refractivity contribution in [3.05, 3.63) is 24.3 Å². The Morgan fingerprint density at radius 1 is 0.875 bits per heavy atom. The van der Waals surface area contributed by atoms with Gasteiger partial charge >= 0.3 is 11.9 Å². The number of ether oxygens (including phenoxy) is 2. The van der Waals surface area contributed by atoms with E-state index < -0.39 is 0 Å². The first-order valence-corrected chi connectivity index (χ1v) is 9.13. The predicted molar refractivity (Wildman–Crippen MR) is 95.2 cm³/mol. The van der Waals surface area contributed by atoms with Crippen LogP contribution in [0, 0.1) is 5.92 Å². The molecule has 1 unspecified atom stereocenters. The molecular formula is C20H30O4. The van der Waals surface area contributed by atoms with Gasteiger partial charge in [0.05, 0.1) is 5.92 Å². The first-order chi connectivity index (χ1) is 11.6. The van der Waals surface area contributed by atoms with Gasteiger partial charge in [-0.15, -0.1) is 0 Å². The van der Waals surface area contributed by atoms with Gasteiger partial charge in [-0.05, 0) is 31.4 Å². The van der Waals surface area contributed by atoms with E-state index in [0.29, 0.717) is 17.9 Å². The summed E-state index contributed by atoms with van der Waals surface area (Å²) in [5.41, 5.74) is 0. The lowest BCUT2D eigenvalue weighted by Gasteiger charge is -2.16. The Kier molecular flexibility index (Phi) is 9.81. The average molecular weight is 334 g/mol. The van der Waals surface area contributed by atoms with Crippen LogP contribution in [0.1, 0.15) is 72.1 Å². The number of para-hydroxylation sites is 2. The van der Waals surface area contributed by atoms with E-state index in [1.54, 1.807) is 24.3 Å². The van der Waals surface area contributed by atoms with E-state index in [2.05, 4.69) is 13.8 Å². The molecule has 0 saturated heterocycles. The molecule has 0 radical (unpaired) electrons. The van der Waals surface area contributed by atoms with E-state index in [-0.39, 0.29) is 17.9 Å². The quantitative estimate of drug-likeness (QED) is 0.407. The minimum absolute atomic E-state index is 0.0983. The zero-order chi connectivity index (χ0) is 17.8.